The summed E-state index contributed by atoms with van der Waals surface area (Å²) in [6.45, 7) is 0. The molecule has 2 aromatic carbocycles. The fraction of sp³-hybridized carbons (Fsp3) is 0.176. The highest BCUT2D eigenvalue weighted by Gasteiger charge is 2.20. The van der Waals surface area contributed by atoms with E-state index in [1.807, 2.05) is 24.3 Å². The number of amides is 1. The van der Waals surface area contributed by atoms with Gasteiger partial charge in [-0.3, -0.25) is 4.79 Å². The molecule has 0 heterocycles. The van der Waals surface area contributed by atoms with Gasteiger partial charge in [-0.05, 0) is 58.0 Å². The number of carboxylic acids is 1. The smallest absolute Gasteiger partial charge is 0.326 e. The molecule has 0 saturated heterocycles. The van der Waals surface area contributed by atoms with Crippen molar-refractivity contribution < 1.29 is 19.1 Å². The van der Waals surface area contributed by atoms with Gasteiger partial charge < -0.3 is 10.4 Å². The standard InChI is InChI=1S/C17H15FINO3/c18-13-3-1-2-12(8-13)10-16(21)20-15(17(22)23)9-11-4-6-14(19)7-5-11/h1-8,15H,9-10H2,(H,20,21)(H,22,23)/t15-/m1/s1. The lowest BCUT2D eigenvalue weighted by Gasteiger charge is -2.15. The van der Waals surface area contributed by atoms with Crippen LogP contribution in [0.15, 0.2) is 48.5 Å². The lowest BCUT2D eigenvalue weighted by molar-refractivity contribution is -0.141. The summed E-state index contributed by atoms with van der Waals surface area (Å²) in [6.07, 6.45) is 0.134. The zero-order valence-electron chi connectivity index (χ0n) is 12.1. The summed E-state index contributed by atoms with van der Waals surface area (Å²) in [7, 11) is 0. The van der Waals surface area contributed by atoms with Gasteiger partial charge in [0, 0.05) is 9.99 Å². The average Bonchev–Trinajstić information content (AvgIpc) is 2.48. The Morgan fingerprint density at radius 1 is 1.13 bits per heavy atom. The van der Waals surface area contributed by atoms with Crippen LogP contribution in [0.4, 0.5) is 4.39 Å². The highest BCUT2D eigenvalue weighted by Crippen LogP contribution is 2.10. The van der Waals surface area contributed by atoms with E-state index >= 15 is 0 Å². The van der Waals surface area contributed by atoms with Crippen LogP contribution in [-0.4, -0.2) is 23.0 Å². The van der Waals surface area contributed by atoms with Crippen molar-refractivity contribution in [1.29, 1.82) is 0 Å². The first kappa shape index (κ1) is 17.4. The Hall–Kier alpha value is -1.96. The first-order chi connectivity index (χ1) is 10.9. The zero-order chi connectivity index (χ0) is 16.8. The molecule has 0 fully saturated rings. The van der Waals surface area contributed by atoms with Gasteiger partial charge in [0.25, 0.3) is 0 Å². The van der Waals surface area contributed by atoms with Crippen LogP contribution >= 0.6 is 22.6 Å². The summed E-state index contributed by atoms with van der Waals surface area (Å²) in [5, 5.41) is 11.8. The quantitative estimate of drug-likeness (QED) is 0.697. The zero-order valence-corrected chi connectivity index (χ0v) is 14.3. The summed E-state index contributed by atoms with van der Waals surface area (Å²) in [6, 6.07) is 12.1. The van der Waals surface area contributed by atoms with Crippen molar-refractivity contribution in [3.05, 3.63) is 69.0 Å². The van der Waals surface area contributed by atoms with Crippen LogP contribution in [0.5, 0.6) is 0 Å². The number of carbonyl (C=O) groups is 2. The molecule has 23 heavy (non-hydrogen) atoms. The van der Waals surface area contributed by atoms with Crippen LogP contribution < -0.4 is 5.32 Å². The number of carboxylic acid groups (broad SMARTS) is 1. The van der Waals surface area contributed by atoms with E-state index in [9.17, 15) is 19.1 Å². The Labute approximate surface area is 146 Å². The number of halogens is 2. The lowest BCUT2D eigenvalue weighted by atomic mass is 10.1. The molecule has 0 saturated carbocycles. The summed E-state index contributed by atoms with van der Waals surface area (Å²) in [5.41, 5.74) is 1.32. The number of benzene rings is 2. The molecule has 4 nitrogen and oxygen atoms in total. The molecule has 1 atom stereocenters. The lowest BCUT2D eigenvalue weighted by Crippen LogP contribution is -2.43. The monoisotopic (exact) mass is 427 g/mol. The molecule has 0 unspecified atom stereocenters. The van der Waals surface area contributed by atoms with Gasteiger partial charge in [-0.15, -0.1) is 0 Å². The second-order valence-electron chi connectivity index (χ2n) is 5.10. The number of rotatable bonds is 6. The van der Waals surface area contributed by atoms with Crippen molar-refractivity contribution >= 4 is 34.5 Å². The fourth-order valence-electron chi connectivity index (χ4n) is 2.13. The van der Waals surface area contributed by atoms with Crippen molar-refractivity contribution in [1.82, 2.24) is 5.32 Å². The molecule has 0 aromatic heterocycles. The maximum Gasteiger partial charge on any atom is 0.326 e. The highest BCUT2D eigenvalue weighted by atomic mass is 127. The summed E-state index contributed by atoms with van der Waals surface area (Å²) >= 11 is 2.16. The van der Waals surface area contributed by atoms with Gasteiger partial charge >= 0.3 is 5.97 Å². The maximum atomic E-state index is 13.1. The van der Waals surface area contributed by atoms with Crippen molar-refractivity contribution in [3.8, 4) is 0 Å². The molecule has 6 heteroatoms. The molecule has 0 aliphatic carbocycles. The Kier molecular flexibility index (Phi) is 6.09. The van der Waals surface area contributed by atoms with Gasteiger partial charge in [0.2, 0.25) is 5.91 Å². The van der Waals surface area contributed by atoms with E-state index in [1.54, 1.807) is 6.07 Å². The Balaban J connectivity index is 1.99. The molecule has 0 spiro atoms. The van der Waals surface area contributed by atoms with E-state index in [0.717, 1.165) is 9.13 Å². The molecule has 0 radical (unpaired) electrons. The molecule has 2 rings (SSSR count). The van der Waals surface area contributed by atoms with Gasteiger partial charge in [0.15, 0.2) is 0 Å². The molecule has 1 amide bonds. The predicted octanol–water partition coefficient (Wildman–Crippen LogP) is 2.78. The van der Waals surface area contributed by atoms with Crippen molar-refractivity contribution in [2.45, 2.75) is 18.9 Å². The Bertz CT molecular complexity index is 703. The van der Waals surface area contributed by atoms with Crippen LogP contribution in [-0.2, 0) is 22.4 Å². The molecular formula is C17H15FINO3. The number of nitrogens with one attached hydrogen (secondary N) is 1. The van der Waals surface area contributed by atoms with Crippen LogP contribution in [0.2, 0.25) is 0 Å². The largest absolute Gasteiger partial charge is 0.480 e. The van der Waals surface area contributed by atoms with E-state index in [0.29, 0.717) is 5.56 Å². The molecule has 120 valence electrons. The van der Waals surface area contributed by atoms with E-state index in [2.05, 4.69) is 27.9 Å². The van der Waals surface area contributed by atoms with E-state index in [-0.39, 0.29) is 12.8 Å². The first-order valence-electron chi connectivity index (χ1n) is 6.95. The minimum absolute atomic E-state index is 0.0613. The minimum atomic E-state index is -1.10. The number of carbonyl (C=O) groups excluding carboxylic acids is 1. The van der Waals surface area contributed by atoms with Gasteiger partial charge in [0.05, 0.1) is 6.42 Å². The average molecular weight is 427 g/mol. The number of hydrogen-bond acceptors (Lipinski definition) is 2. The van der Waals surface area contributed by atoms with Crippen LogP contribution in [0.1, 0.15) is 11.1 Å². The molecule has 0 aliphatic rings. The summed E-state index contributed by atoms with van der Waals surface area (Å²) in [5.74, 6) is -1.98. The third-order valence-corrected chi connectivity index (χ3v) is 3.96. The van der Waals surface area contributed by atoms with Crippen LogP contribution in [0.25, 0.3) is 0 Å². The summed E-state index contributed by atoms with van der Waals surface area (Å²) < 4.78 is 14.2. The van der Waals surface area contributed by atoms with E-state index in [1.165, 1.54) is 18.2 Å². The Morgan fingerprint density at radius 3 is 2.43 bits per heavy atom. The first-order valence-corrected chi connectivity index (χ1v) is 8.03. The Morgan fingerprint density at radius 2 is 1.83 bits per heavy atom. The SMILES string of the molecule is O=C(Cc1cccc(F)c1)N[C@H](Cc1ccc(I)cc1)C(=O)O. The van der Waals surface area contributed by atoms with Crippen molar-refractivity contribution in [2.75, 3.05) is 0 Å². The predicted molar refractivity (Wildman–Crippen MR) is 92.5 cm³/mol. The van der Waals surface area contributed by atoms with Gasteiger partial charge in [-0.25, -0.2) is 9.18 Å². The third kappa shape index (κ3) is 5.63. The molecule has 0 bridgehead atoms. The van der Waals surface area contributed by atoms with Crippen LogP contribution in [0.3, 0.4) is 0 Å². The van der Waals surface area contributed by atoms with E-state index < -0.39 is 23.7 Å². The fourth-order valence-corrected chi connectivity index (χ4v) is 2.49. The van der Waals surface area contributed by atoms with Gasteiger partial charge in [0.1, 0.15) is 11.9 Å². The number of hydrogen-bond donors (Lipinski definition) is 2. The molecule has 2 N–H and O–H groups in total. The van der Waals surface area contributed by atoms with Crippen LogP contribution in [0, 0.1) is 9.39 Å². The minimum Gasteiger partial charge on any atom is -0.480 e. The van der Waals surface area contributed by atoms with Crippen molar-refractivity contribution in [2.24, 2.45) is 0 Å². The highest BCUT2D eigenvalue weighted by molar-refractivity contribution is 14.1. The third-order valence-electron chi connectivity index (χ3n) is 3.24. The number of aliphatic carboxylic acids is 1. The molecular weight excluding hydrogens is 412 g/mol. The molecule has 2 aromatic rings. The normalized spacial score (nSPS) is 11.7. The topological polar surface area (TPSA) is 66.4 Å². The summed E-state index contributed by atoms with van der Waals surface area (Å²) in [4.78, 5) is 23.3. The van der Waals surface area contributed by atoms with Gasteiger partial charge in [-0.2, -0.15) is 0 Å². The second-order valence-corrected chi connectivity index (χ2v) is 6.34. The maximum absolute atomic E-state index is 13.1. The van der Waals surface area contributed by atoms with Gasteiger partial charge in [-0.1, -0.05) is 24.3 Å². The van der Waals surface area contributed by atoms with E-state index in [4.69, 9.17) is 0 Å². The van der Waals surface area contributed by atoms with Crippen molar-refractivity contribution in [3.63, 3.8) is 0 Å². The second kappa shape index (κ2) is 8.05. The molecule has 0 aliphatic heterocycles.